The molecule has 6 aromatic rings. The SMILES string of the molecule is C/C=C\C=C1\C2CC=CC=C2c2ccc(N(c3ccccc3)c3ccc4c5ccccc5n(-c5ccccc5)c4c3)cc2C1C. The van der Waals surface area contributed by atoms with E-state index in [1.165, 1.54) is 55.5 Å². The topological polar surface area (TPSA) is 8.17 Å². The summed E-state index contributed by atoms with van der Waals surface area (Å²) in [6.07, 6.45) is 14.6. The highest BCUT2D eigenvalue weighted by molar-refractivity contribution is 6.10. The van der Waals surface area contributed by atoms with Gasteiger partial charge in [-0.1, -0.05) is 116 Å². The van der Waals surface area contributed by atoms with Crippen molar-refractivity contribution < 1.29 is 0 Å². The second kappa shape index (κ2) is 11.3. The maximum absolute atomic E-state index is 2.43. The Morgan fingerprint density at radius 3 is 2.24 bits per heavy atom. The van der Waals surface area contributed by atoms with Gasteiger partial charge in [0.25, 0.3) is 0 Å². The number of hydrogen-bond acceptors (Lipinski definition) is 1. The van der Waals surface area contributed by atoms with Crippen molar-refractivity contribution in [3.63, 3.8) is 0 Å². The van der Waals surface area contributed by atoms with Crippen LogP contribution in [0.25, 0.3) is 33.1 Å². The molecule has 1 heterocycles. The van der Waals surface area contributed by atoms with E-state index in [9.17, 15) is 0 Å². The standard InChI is InChI=1S/C43H36N2/c1-3-4-19-35-30(2)41-28-33(24-26-38(41)37-21-12-11-20-36(35)37)44(31-15-7-5-8-16-31)34-25-27-40-39-22-13-14-23-42(39)45(43(40)29-34)32-17-9-6-10-18-32/h3-19,21-30,36H,20H2,1-2H3/b4-3-,35-19+. The number of hydrogen-bond donors (Lipinski definition) is 0. The molecule has 0 fully saturated rings. The lowest BCUT2D eigenvalue weighted by Gasteiger charge is -2.37. The fourth-order valence-electron chi connectivity index (χ4n) is 7.46. The largest absolute Gasteiger partial charge is 0.310 e. The number of allylic oxidation sites excluding steroid dienone is 8. The van der Waals surface area contributed by atoms with Crippen molar-refractivity contribution in [3.8, 4) is 5.69 Å². The predicted molar refractivity (Wildman–Crippen MR) is 192 cm³/mol. The number of rotatable bonds is 5. The molecule has 2 nitrogen and oxygen atoms in total. The molecular weight excluding hydrogens is 544 g/mol. The number of nitrogens with zero attached hydrogens (tertiary/aromatic N) is 2. The molecule has 1 aromatic heterocycles. The van der Waals surface area contributed by atoms with E-state index in [0.717, 1.165) is 17.8 Å². The molecule has 2 unspecified atom stereocenters. The van der Waals surface area contributed by atoms with Crippen molar-refractivity contribution in [2.45, 2.75) is 26.2 Å². The maximum atomic E-state index is 2.43. The Balaban J connectivity index is 1.34. The molecule has 45 heavy (non-hydrogen) atoms. The van der Waals surface area contributed by atoms with Crippen molar-refractivity contribution in [1.29, 1.82) is 0 Å². The Labute approximate surface area is 265 Å². The highest BCUT2D eigenvalue weighted by Crippen LogP contribution is 2.50. The lowest BCUT2D eigenvalue weighted by molar-refractivity contribution is 0.676. The molecule has 0 saturated carbocycles. The highest BCUT2D eigenvalue weighted by Gasteiger charge is 2.33. The van der Waals surface area contributed by atoms with Crippen molar-refractivity contribution in [2.75, 3.05) is 4.90 Å². The minimum absolute atomic E-state index is 0.325. The first-order valence-electron chi connectivity index (χ1n) is 16.0. The molecule has 2 atom stereocenters. The van der Waals surface area contributed by atoms with E-state index in [-0.39, 0.29) is 0 Å². The molecule has 0 aliphatic heterocycles. The van der Waals surface area contributed by atoms with Crippen LogP contribution in [-0.4, -0.2) is 4.57 Å². The van der Waals surface area contributed by atoms with Gasteiger partial charge in [0.05, 0.1) is 11.0 Å². The van der Waals surface area contributed by atoms with E-state index in [1.807, 2.05) is 0 Å². The van der Waals surface area contributed by atoms with Crippen molar-refractivity contribution in [1.82, 2.24) is 4.57 Å². The van der Waals surface area contributed by atoms with Gasteiger partial charge in [0.15, 0.2) is 0 Å². The number of para-hydroxylation sites is 3. The van der Waals surface area contributed by atoms with Crippen LogP contribution in [0.4, 0.5) is 17.1 Å². The van der Waals surface area contributed by atoms with Crippen molar-refractivity contribution in [2.24, 2.45) is 5.92 Å². The molecule has 2 heteroatoms. The van der Waals surface area contributed by atoms with Gasteiger partial charge < -0.3 is 9.47 Å². The monoisotopic (exact) mass is 580 g/mol. The fourth-order valence-corrected chi connectivity index (χ4v) is 7.46. The highest BCUT2D eigenvalue weighted by atomic mass is 15.1. The van der Waals surface area contributed by atoms with Crippen LogP contribution in [0.15, 0.2) is 163 Å². The Morgan fingerprint density at radius 2 is 1.42 bits per heavy atom. The van der Waals surface area contributed by atoms with Gasteiger partial charge in [0.2, 0.25) is 0 Å². The smallest absolute Gasteiger partial charge is 0.0561 e. The predicted octanol–water partition coefficient (Wildman–Crippen LogP) is 11.8. The molecule has 218 valence electrons. The molecular formula is C43H36N2. The summed E-state index contributed by atoms with van der Waals surface area (Å²) in [6, 6.07) is 44.2. The van der Waals surface area contributed by atoms with Crippen LogP contribution in [0.5, 0.6) is 0 Å². The van der Waals surface area contributed by atoms with Gasteiger partial charge >= 0.3 is 0 Å². The summed E-state index contributed by atoms with van der Waals surface area (Å²) in [4.78, 5) is 2.41. The third kappa shape index (κ3) is 4.57. The number of benzene rings is 5. The molecule has 0 bridgehead atoms. The van der Waals surface area contributed by atoms with Gasteiger partial charge in [-0.15, -0.1) is 0 Å². The van der Waals surface area contributed by atoms with Crippen LogP contribution in [0, 0.1) is 5.92 Å². The van der Waals surface area contributed by atoms with Gasteiger partial charge in [-0.05, 0) is 84.6 Å². The van der Waals surface area contributed by atoms with Crippen molar-refractivity contribution in [3.05, 3.63) is 174 Å². The zero-order chi connectivity index (χ0) is 30.3. The molecule has 0 N–H and O–H groups in total. The quantitative estimate of drug-likeness (QED) is 0.197. The minimum Gasteiger partial charge on any atom is -0.310 e. The van der Waals surface area contributed by atoms with E-state index in [0.29, 0.717) is 11.8 Å². The first kappa shape index (κ1) is 27.2. The average molecular weight is 581 g/mol. The third-order valence-corrected chi connectivity index (χ3v) is 9.56. The lowest BCUT2D eigenvalue weighted by atomic mass is 9.68. The normalized spacial score (nSPS) is 18.4. The average Bonchev–Trinajstić information content (AvgIpc) is 3.43. The van der Waals surface area contributed by atoms with E-state index in [1.54, 1.807) is 0 Å². The minimum atomic E-state index is 0.325. The fraction of sp³-hybridized carbons (Fsp3) is 0.116. The van der Waals surface area contributed by atoms with Crippen LogP contribution in [0.3, 0.4) is 0 Å². The molecule has 2 aliphatic carbocycles. The summed E-state index contributed by atoms with van der Waals surface area (Å²) in [5.41, 5.74) is 12.7. The number of fused-ring (bicyclic) bond motifs is 6. The molecule has 0 spiro atoms. The Kier molecular flexibility index (Phi) is 6.84. The van der Waals surface area contributed by atoms with Crippen LogP contribution < -0.4 is 4.90 Å². The van der Waals surface area contributed by atoms with E-state index in [4.69, 9.17) is 0 Å². The van der Waals surface area contributed by atoms with E-state index >= 15 is 0 Å². The number of anilines is 3. The van der Waals surface area contributed by atoms with Gasteiger partial charge in [-0.25, -0.2) is 0 Å². The van der Waals surface area contributed by atoms with E-state index in [2.05, 4.69) is 181 Å². The van der Waals surface area contributed by atoms with Gasteiger partial charge in [-0.3, -0.25) is 0 Å². The van der Waals surface area contributed by atoms with Crippen LogP contribution in [0.2, 0.25) is 0 Å². The van der Waals surface area contributed by atoms with Crippen molar-refractivity contribution >= 4 is 44.4 Å². The van der Waals surface area contributed by atoms with Crippen LogP contribution >= 0.6 is 0 Å². The second-order valence-corrected chi connectivity index (χ2v) is 12.1. The molecule has 8 rings (SSSR count). The summed E-state index contributed by atoms with van der Waals surface area (Å²) >= 11 is 0. The summed E-state index contributed by atoms with van der Waals surface area (Å²) in [6.45, 7) is 4.48. The first-order valence-corrected chi connectivity index (χ1v) is 16.0. The Bertz CT molecular complexity index is 2160. The number of aromatic nitrogens is 1. The first-order chi connectivity index (χ1) is 22.2. The zero-order valence-corrected chi connectivity index (χ0v) is 25.8. The van der Waals surface area contributed by atoms with Crippen LogP contribution in [0.1, 0.15) is 37.3 Å². The molecule has 5 aromatic carbocycles. The molecule has 0 amide bonds. The van der Waals surface area contributed by atoms with Gasteiger partial charge in [0, 0.05) is 45.4 Å². The van der Waals surface area contributed by atoms with Crippen LogP contribution in [-0.2, 0) is 0 Å². The summed E-state index contributed by atoms with van der Waals surface area (Å²) in [5.74, 6) is 0.762. The second-order valence-electron chi connectivity index (χ2n) is 12.1. The molecule has 2 aliphatic rings. The molecule has 0 saturated heterocycles. The summed E-state index contributed by atoms with van der Waals surface area (Å²) in [5, 5.41) is 2.52. The molecule has 0 radical (unpaired) electrons. The zero-order valence-electron chi connectivity index (χ0n) is 25.8. The lowest BCUT2D eigenvalue weighted by Crippen LogP contribution is -2.21. The van der Waals surface area contributed by atoms with Gasteiger partial charge in [0.1, 0.15) is 0 Å². The third-order valence-electron chi connectivity index (χ3n) is 9.56. The summed E-state index contributed by atoms with van der Waals surface area (Å²) in [7, 11) is 0. The summed E-state index contributed by atoms with van der Waals surface area (Å²) < 4.78 is 2.40. The van der Waals surface area contributed by atoms with E-state index < -0.39 is 0 Å². The maximum Gasteiger partial charge on any atom is 0.0561 e. The van der Waals surface area contributed by atoms with Gasteiger partial charge in [-0.2, -0.15) is 0 Å². The Morgan fingerprint density at radius 1 is 0.711 bits per heavy atom. The Hall–Kier alpha value is -5.34.